The topological polar surface area (TPSA) is 60.9 Å². The number of sulfonamides is 1. The summed E-state index contributed by atoms with van der Waals surface area (Å²) < 4.78 is 27.0. The highest BCUT2D eigenvalue weighted by molar-refractivity contribution is 7.89. The maximum Gasteiger partial charge on any atom is 0.243 e. The molecular weight excluding hydrogens is 350 g/mol. The molecule has 0 aromatic heterocycles. The van der Waals surface area contributed by atoms with Crippen LogP contribution in [0.3, 0.4) is 0 Å². The van der Waals surface area contributed by atoms with Crippen LogP contribution in [-0.2, 0) is 21.2 Å². The van der Waals surface area contributed by atoms with Gasteiger partial charge in [-0.25, -0.2) is 8.42 Å². The number of anilines is 2. The minimum Gasteiger partial charge on any atom is -0.369 e. The lowest BCUT2D eigenvalue weighted by Crippen LogP contribution is -2.48. The van der Waals surface area contributed by atoms with Crippen LogP contribution in [0.1, 0.15) is 5.56 Å². The molecule has 1 amide bonds. The van der Waals surface area contributed by atoms with Crippen molar-refractivity contribution < 1.29 is 13.2 Å². The van der Waals surface area contributed by atoms with E-state index in [0.717, 1.165) is 16.9 Å². The van der Waals surface area contributed by atoms with Crippen LogP contribution in [0.4, 0.5) is 11.4 Å². The lowest BCUT2D eigenvalue weighted by atomic mass is 10.1. The molecule has 0 atom stereocenters. The van der Waals surface area contributed by atoms with E-state index < -0.39 is 10.0 Å². The zero-order valence-electron chi connectivity index (χ0n) is 14.6. The molecule has 0 spiro atoms. The van der Waals surface area contributed by atoms with Crippen molar-refractivity contribution in [2.75, 3.05) is 43.0 Å². The Balaban J connectivity index is 1.48. The molecule has 2 heterocycles. The maximum atomic E-state index is 12.7. The minimum absolute atomic E-state index is 0.107. The molecule has 0 saturated carbocycles. The number of hydrogen-bond acceptors (Lipinski definition) is 4. The van der Waals surface area contributed by atoms with E-state index in [1.54, 1.807) is 40.5 Å². The lowest BCUT2D eigenvalue weighted by molar-refractivity contribution is -0.117. The highest BCUT2D eigenvalue weighted by atomic mass is 32.2. The number of benzene rings is 2. The van der Waals surface area contributed by atoms with Gasteiger partial charge in [0.2, 0.25) is 15.9 Å². The van der Waals surface area contributed by atoms with Crippen molar-refractivity contribution in [2.24, 2.45) is 0 Å². The molecule has 0 unspecified atom stereocenters. The molecule has 26 heavy (non-hydrogen) atoms. The molecular formula is C19H21N3O3S. The fourth-order valence-electron chi connectivity index (χ4n) is 3.58. The number of amides is 1. The summed E-state index contributed by atoms with van der Waals surface area (Å²) in [4.78, 5) is 16.1. The van der Waals surface area contributed by atoms with Crippen molar-refractivity contribution in [3.05, 3.63) is 54.1 Å². The second kappa shape index (κ2) is 6.41. The second-order valence-corrected chi connectivity index (χ2v) is 8.58. The largest absolute Gasteiger partial charge is 0.369 e. The van der Waals surface area contributed by atoms with Gasteiger partial charge in [0.05, 0.1) is 11.3 Å². The Hall–Kier alpha value is -2.38. The molecule has 0 radical (unpaired) electrons. The molecule has 1 fully saturated rings. The molecule has 2 aliphatic rings. The van der Waals surface area contributed by atoms with Crippen LogP contribution in [0.25, 0.3) is 0 Å². The van der Waals surface area contributed by atoms with Gasteiger partial charge in [-0.2, -0.15) is 4.31 Å². The monoisotopic (exact) mass is 371 g/mol. The van der Waals surface area contributed by atoms with Gasteiger partial charge >= 0.3 is 0 Å². The summed E-state index contributed by atoms with van der Waals surface area (Å²) in [6, 6.07) is 14.6. The third kappa shape index (κ3) is 2.87. The highest BCUT2D eigenvalue weighted by Gasteiger charge is 2.29. The Labute approximate surface area is 153 Å². The van der Waals surface area contributed by atoms with Gasteiger partial charge in [0.15, 0.2) is 0 Å². The number of nitrogens with zero attached hydrogens (tertiary/aromatic N) is 3. The van der Waals surface area contributed by atoms with E-state index in [2.05, 4.69) is 11.0 Å². The van der Waals surface area contributed by atoms with Crippen molar-refractivity contribution in [3.8, 4) is 0 Å². The minimum atomic E-state index is -3.44. The van der Waals surface area contributed by atoms with E-state index in [1.807, 2.05) is 18.2 Å². The SMILES string of the molecule is CN1C(=O)Cc2cc(N3CCN(S(=O)(=O)c4ccccc4)CC3)ccc21. The first kappa shape index (κ1) is 17.1. The number of carbonyl (C=O) groups is 1. The van der Waals surface area contributed by atoms with Crippen molar-refractivity contribution in [1.82, 2.24) is 4.31 Å². The van der Waals surface area contributed by atoms with Gasteiger partial charge in [-0.1, -0.05) is 18.2 Å². The van der Waals surface area contributed by atoms with Gasteiger partial charge in [-0.05, 0) is 35.9 Å². The standard InChI is InChI=1S/C19H21N3O3S/c1-20-18-8-7-16(13-15(18)14-19(20)23)21-9-11-22(12-10-21)26(24,25)17-5-3-2-4-6-17/h2-8,13H,9-12,14H2,1H3. The van der Waals surface area contributed by atoms with Gasteiger partial charge < -0.3 is 9.80 Å². The summed E-state index contributed by atoms with van der Waals surface area (Å²) in [7, 11) is -1.64. The van der Waals surface area contributed by atoms with E-state index in [-0.39, 0.29) is 5.91 Å². The van der Waals surface area contributed by atoms with E-state index >= 15 is 0 Å². The van der Waals surface area contributed by atoms with Crippen LogP contribution in [-0.4, -0.2) is 51.9 Å². The van der Waals surface area contributed by atoms with E-state index in [4.69, 9.17) is 0 Å². The smallest absolute Gasteiger partial charge is 0.243 e. The van der Waals surface area contributed by atoms with E-state index in [0.29, 0.717) is 37.5 Å². The zero-order valence-corrected chi connectivity index (χ0v) is 15.4. The van der Waals surface area contributed by atoms with Crippen LogP contribution >= 0.6 is 0 Å². The number of likely N-dealkylation sites (N-methyl/N-ethyl adjacent to an activating group) is 1. The summed E-state index contributed by atoms with van der Waals surface area (Å²) >= 11 is 0. The fraction of sp³-hybridized carbons (Fsp3) is 0.316. The molecule has 2 aliphatic heterocycles. The molecule has 2 aromatic carbocycles. The number of piperazine rings is 1. The molecule has 0 N–H and O–H groups in total. The Kier molecular flexibility index (Phi) is 4.20. The first-order chi connectivity index (χ1) is 12.5. The third-order valence-electron chi connectivity index (χ3n) is 5.12. The normalized spacial score (nSPS) is 18.3. The van der Waals surface area contributed by atoms with Crippen molar-refractivity contribution in [3.63, 3.8) is 0 Å². The van der Waals surface area contributed by atoms with Crippen molar-refractivity contribution >= 4 is 27.3 Å². The number of hydrogen-bond donors (Lipinski definition) is 0. The molecule has 7 heteroatoms. The van der Waals surface area contributed by atoms with Crippen LogP contribution < -0.4 is 9.80 Å². The predicted molar refractivity (Wildman–Crippen MR) is 101 cm³/mol. The summed E-state index contributed by atoms with van der Waals surface area (Å²) in [5, 5.41) is 0. The molecule has 1 saturated heterocycles. The Bertz CT molecular complexity index is 936. The maximum absolute atomic E-state index is 12.7. The Morgan fingerprint density at radius 3 is 2.31 bits per heavy atom. The highest BCUT2D eigenvalue weighted by Crippen LogP contribution is 2.32. The summed E-state index contributed by atoms with van der Waals surface area (Å²) in [5.41, 5.74) is 3.04. The molecule has 6 nitrogen and oxygen atoms in total. The van der Waals surface area contributed by atoms with Crippen LogP contribution in [0.5, 0.6) is 0 Å². The quantitative estimate of drug-likeness (QED) is 0.824. The number of carbonyl (C=O) groups excluding carboxylic acids is 1. The summed E-state index contributed by atoms with van der Waals surface area (Å²) in [6.45, 7) is 2.17. The lowest BCUT2D eigenvalue weighted by Gasteiger charge is -2.35. The Morgan fingerprint density at radius 2 is 1.62 bits per heavy atom. The average Bonchev–Trinajstić information content (AvgIpc) is 2.96. The van der Waals surface area contributed by atoms with E-state index in [9.17, 15) is 13.2 Å². The van der Waals surface area contributed by atoms with Gasteiger partial charge in [0.25, 0.3) is 0 Å². The van der Waals surface area contributed by atoms with E-state index in [1.165, 1.54) is 0 Å². The summed E-state index contributed by atoms with van der Waals surface area (Å²) in [6.07, 6.45) is 0.433. The number of fused-ring (bicyclic) bond motifs is 1. The summed E-state index contributed by atoms with van der Waals surface area (Å²) in [5.74, 6) is 0.107. The first-order valence-electron chi connectivity index (χ1n) is 8.66. The molecule has 2 aromatic rings. The van der Waals surface area contributed by atoms with Gasteiger partial charge in [0, 0.05) is 44.6 Å². The first-order valence-corrected chi connectivity index (χ1v) is 10.1. The fourth-order valence-corrected chi connectivity index (χ4v) is 5.02. The third-order valence-corrected chi connectivity index (χ3v) is 7.04. The van der Waals surface area contributed by atoms with Gasteiger partial charge in [-0.3, -0.25) is 4.79 Å². The molecule has 0 bridgehead atoms. The van der Waals surface area contributed by atoms with Gasteiger partial charge in [-0.15, -0.1) is 0 Å². The van der Waals surface area contributed by atoms with Crippen LogP contribution in [0.15, 0.2) is 53.4 Å². The van der Waals surface area contributed by atoms with Crippen molar-refractivity contribution in [2.45, 2.75) is 11.3 Å². The Morgan fingerprint density at radius 1 is 0.923 bits per heavy atom. The molecule has 4 rings (SSSR count). The van der Waals surface area contributed by atoms with Crippen molar-refractivity contribution in [1.29, 1.82) is 0 Å². The number of rotatable bonds is 3. The van der Waals surface area contributed by atoms with Gasteiger partial charge in [0.1, 0.15) is 0 Å². The van der Waals surface area contributed by atoms with Crippen LogP contribution in [0, 0.1) is 0 Å². The second-order valence-electron chi connectivity index (χ2n) is 6.65. The van der Waals surface area contributed by atoms with Crippen LogP contribution in [0.2, 0.25) is 0 Å². The predicted octanol–water partition coefficient (Wildman–Crippen LogP) is 1.72. The molecule has 0 aliphatic carbocycles. The zero-order chi connectivity index (χ0) is 18.3. The molecule has 136 valence electrons. The average molecular weight is 371 g/mol.